The normalized spacial score (nSPS) is 11.7. The van der Waals surface area contributed by atoms with Gasteiger partial charge in [-0.05, 0) is 83.9 Å². The molecule has 9 rings (SSSR count). The van der Waals surface area contributed by atoms with E-state index in [4.69, 9.17) is 4.42 Å². The second kappa shape index (κ2) is 9.44. The first-order valence-electron chi connectivity index (χ1n) is 14.8. The molecule has 0 saturated carbocycles. The fourth-order valence-corrected chi connectivity index (χ4v) is 7.01. The molecule has 9 aromatic rings. The smallest absolute Gasteiger partial charge is 0.136 e. The Morgan fingerprint density at radius 2 is 0.930 bits per heavy atom. The molecule has 0 aliphatic heterocycles. The molecule has 8 aromatic carbocycles. The van der Waals surface area contributed by atoms with Crippen LogP contribution >= 0.6 is 0 Å². The number of benzene rings is 8. The number of para-hydroxylation sites is 1. The third-order valence-corrected chi connectivity index (χ3v) is 8.86. The lowest BCUT2D eigenvalue weighted by Crippen LogP contribution is -1.92. The molecule has 0 amide bonds. The van der Waals surface area contributed by atoms with E-state index < -0.39 is 0 Å². The van der Waals surface area contributed by atoms with Crippen molar-refractivity contribution in [3.05, 3.63) is 158 Å². The SMILES string of the molecule is c1ccc(-c2c3ccccc3c(-c3cccc4oc5ccccc5c34)c3ccc(-c4cccc5ccccc45)cc23)cc1. The highest BCUT2D eigenvalue weighted by Gasteiger charge is 2.20. The molecule has 0 aliphatic carbocycles. The first-order valence-corrected chi connectivity index (χ1v) is 14.8. The van der Waals surface area contributed by atoms with Gasteiger partial charge in [0.2, 0.25) is 0 Å². The van der Waals surface area contributed by atoms with Crippen molar-refractivity contribution in [3.63, 3.8) is 0 Å². The van der Waals surface area contributed by atoms with Crippen LogP contribution in [0.2, 0.25) is 0 Å². The van der Waals surface area contributed by atoms with Gasteiger partial charge in [-0.1, -0.05) is 140 Å². The molecule has 1 heteroatoms. The predicted molar refractivity (Wildman–Crippen MR) is 183 cm³/mol. The molecule has 0 saturated heterocycles. The average molecular weight is 547 g/mol. The maximum Gasteiger partial charge on any atom is 0.136 e. The van der Waals surface area contributed by atoms with Crippen molar-refractivity contribution in [2.45, 2.75) is 0 Å². The van der Waals surface area contributed by atoms with E-state index in [0.717, 1.165) is 21.9 Å². The Bertz CT molecular complexity index is 2490. The van der Waals surface area contributed by atoms with E-state index in [2.05, 4.69) is 152 Å². The molecule has 1 nitrogen and oxygen atoms in total. The number of rotatable bonds is 3. The summed E-state index contributed by atoms with van der Waals surface area (Å²) in [5.41, 5.74) is 9.21. The molecule has 0 atom stereocenters. The Balaban J connectivity index is 1.46. The molecule has 0 unspecified atom stereocenters. The van der Waals surface area contributed by atoms with Gasteiger partial charge in [-0.15, -0.1) is 0 Å². The molecule has 0 aliphatic rings. The zero-order valence-corrected chi connectivity index (χ0v) is 23.4. The number of fused-ring (bicyclic) bond motifs is 6. The van der Waals surface area contributed by atoms with E-state index in [1.807, 2.05) is 6.07 Å². The van der Waals surface area contributed by atoms with Gasteiger partial charge in [0.05, 0.1) is 0 Å². The van der Waals surface area contributed by atoms with Gasteiger partial charge < -0.3 is 4.42 Å². The van der Waals surface area contributed by atoms with Crippen LogP contribution in [0.4, 0.5) is 0 Å². The van der Waals surface area contributed by atoms with Crippen LogP contribution in [0.15, 0.2) is 162 Å². The highest BCUT2D eigenvalue weighted by molar-refractivity contribution is 6.26. The van der Waals surface area contributed by atoms with Crippen molar-refractivity contribution >= 4 is 54.3 Å². The Kier molecular flexibility index (Phi) is 5.27. The van der Waals surface area contributed by atoms with Gasteiger partial charge in [-0.3, -0.25) is 0 Å². The molecule has 0 spiro atoms. The van der Waals surface area contributed by atoms with Crippen molar-refractivity contribution < 1.29 is 4.42 Å². The molecule has 0 radical (unpaired) electrons. The minimum atomic E-state index is 0.912. The monoisotopic (exact) mass is 546 g/mol. The summed E-state index contributed by atoms with van der Waals surface area (Å²) in [6.45, 7) is 0. The molecule has 0 bridgehead atoms. The highest BCUT2D eigenvalue weighted by atomic mass is 16.3. The number of hydrogen-bond acceptors (Lipinski definition) is 1. The van der Waals surface area contributed by atoms with E-state index in [1.54, 1.807) is 0 Å². The summed E-state index contributed by atoms with van der Waals surface area (Å²) < 4.78 is 6.35. The van der Waals surface area contributed by atoms with Crippen molar-refractivity contribution in [3.8, 4) is 33.4 Å². The Labute approximate surface area is 249 Å². The van der Waals surface area contributed by atoms with E-state index in [0.29, 0.717) is 0 Å². The topological polar surface area (TPSA) is 13.1 Å². The molecular weight excluding hydrogens is 520 g/mol. The van der Waals surface area contributed by atoms with Gasteiger partial charge in [-0.25, -0.2) is 0 Å². The Morgan fingerprint density at radius 1 is 0.326 bits per heavy atom. The van der Waals surface area contributed by atoms with Crippen molar-refractivity contribution in [1.29, 1.82) is 0 Å². The lowest BCUT2D eigenvalue weighted by atomic mass is 9.83. The fraction of sp³-hybridized carbons (Fsp3) is 0. The quantitative estimate of drug-likeness (QED) is 0.201. The van der Waals surface area contributed by atoms with E-state index in [9.17, 15) is 0 Å². The summed E-state index contributed by atoms with van der Waals surface area (Å²) in [6, 6.07) is 56.8. The van der Waals surface area contributed by atoms with Crippen LogP contribution < -0.4 is 0 Å². The summed E-state index contributed by atoms with van der Waals surface area (Å²) in [5, 5.41) is 9.79. The molecule has 0 fully saturated rings. The summed E-state index contributed by atoms with van der Waals surface area (Å²) in [5.74, 6) is 0. The average Bonchev–Trinajstić information content (AvgIpc) is 3.46. The van der Waals surface area contributed by atoms with Crippen LogP contribution in [-0.2, 0) is 0 Å². The summed E-state index contributed by atoms with van der Waals surface area (Å²) >= 11 is 0. The number of furan rings is 1. The standard InChI is InChI=1S/C42H26O/c1-2-13-28(14-3-1)40-32-17-6-7-18-33(32)41(36-21-11-23-39-42(36)35-19-8-9-22-38(35)43-39)34-25-24-29(26-37(34)40)31-20-10-15-27-12-4-5-16-30(27)31/h1-26H. The number of hydrogen-bond donors (Lipinski definition) is 0. The van der Waals surface area contributed by atoms with Crippen LogP contribution in [0.3, 0.4) is 0 Å². The Morgan fingerprint density at radius 3 is 1.79 bits per heavy atom. The minimum Gasteiger partial charge on any atom is -0.456 e. The zero-order chi connectivity index (χ0) is 28.3. The van der Waals surface area contributed by atoms with Gasteiger partial charge in [0.15, 0.2) is 0 Å². The molecule has 43 heavy (non-hydrogen) atoms. The maximum absolute atomic E-state index is 6.35. The van der Waals surface area contributed by atoms with Crippen LogP contribution in [0.1, 0.15) is 0 Å². The van der Waals surface area contributed by atoms with E-state index in [-0.39, 0.29) is 0 Å². The molecule has 1 heterocycles. The first kappa shape index (κ1) is 24.0. The zero-order valence-electron chi connectivity index (χ0n) is 23.4. The van der Waals surface area contributed by atoms with E-state index in [1.165, 1.54) is 65.7 Å². The van der Waals surface area contributed by atoms with Crippen molar-refractivity contribution in [2.24, 2.45) is 0 Å². The largest absolute Gasteiger partial charge is 0.456 e. The second-order valence-corrected chi connectivity index (χ2v) is 11.2. The van der Waals surface area contributed by atoms with Crippen molar-refractivity contribution in [2.75, 3.05) is 0 Å². The summed E-state index contributed by atoms with van der Waals surface area (Å²) in [6.07, 6.45) is 0. The minimum absolute atomic E-state index is 0.912. The van der Waals surface area contributed by atoms with Gasteiger partial charge in [0.1, 0.15) is 11.2 Å². The molecular formula is C42H26O. The second-order valence-electron chi connectivity index (χ2n) is 11.2. The summed E-state index contributed by atoms with van der Waals surface area (Å²) in [7, 11) is 0. The van der Waals surface area contributed by atoms with Gasteiger partial charge >= 0.3 is 0 Å². The Hall–Kier alpha value is -5.66. The predicted octanol–water partition coefficient (Wildman–Crippen LogP) is 12.0. The third kappa shape index (κ3) is 3.65. The van der Waals surface area contributed by atoms with Crippen LogP contribution in [0.5, 0.6) is 0 Å². The first-order chi connectivity index (χ1) is 21.3. The van der Waals surface area contributed by atoms with Gasteiger partial charge in [-0.2, -0.15) is 0 Å². The van der Waals surface area contributed by atoms with E-state index >= 15 is 0 Å². The van der Waals surface area contributed by atoms with Crippen LogP contribution in [0, 0.1) is 0 Å². The van der Waals surface area contributed by atoms with Crippen LogP contribution in [-0.4, -0.2) is 0 Å². The summed E-state index contributed by atoms with van der Waals surface area (Å²) in [4.78, 5) is 0. The molecule has 0 N–H and O–H groups in total. The lowest BCUT2D eigenvalue weighted by Gasteiger charge is -2.19. The third-order valence-electron chi connectivity index (χ3n) is 8.86. The van der Waals surface area contributed by atoms with Crippen molar-refractivity contribution in [1.82, 2.24) is 0 Å². The highest BCUT2D eigenvalue weighted by Crippen LogP contribution is 2.47. The maximum atomic E-state index is 6.35. The van der Waals surface area contributed by atoms with Gasteiger partial charge in [0, 0.05) is 10.8 Å². The lowest BCUT2D eigenvalue weighted by molar-refractivity contribution is 0.669. The molecule has 1 aromatic heterocycles. The van der Waals surface area contributed by atoms with Gasteiger partial charge in [0.25, 0.3) is 0 Å². The fourth-order valence-electron chi connectivity index (χ4n) is 7.01. The van der Waals surface area contributed by atoms with Crippen LogP contribution in [0.25, 0.3) is 87.6 Å². The molecule has 200 valence electrons.